The van der Waals surface area contributed by atoms with Crippen molar-refractivity contribution in [2.24, 2.45) is 22.7 Å². The minimum atomic E-state index is -2.25. The van der Waals surface area contributed by atoms with Gasteiger partial charge in [-0.2, -0.15) is 0 Å². The monoisotopic (exact) mass is 835 g/mol. The Morgan fingerprint density at radius 3 is 2.13 bits per heavy atom. The van der Waals surface area contributed by atoms with Gasteiger partial charge in [-0.15, -0.1) is 0 Å². The zero-order chi connectivity index (χ0) is 44.2. The van der Waals surface area contributed by atoms with Gasteiger partial charge in [-0.05, 0) is 63.5 Å². The molecule has 0 aromatic heterocycles. The lowest BCUT2D eigenvalue weighted by molar-refractivity contribution is -0.347. The number of amides is 1. The van der Waals surface area contributed by atoms with Gasteiger partial charge in [0.05, 0.1) is 48.2 Å². The Hall–Kier alpha value is -4.67. The molecule has 1 amide bonds. The van der Waals surface area contributed by atoms with Gasteiger partial charge in [-0.3, -0.25) is 9.59 Å². The fourth-order valence-corrected chi connectivity index (χ4v) is 10.3. The van der Waals surface area contributed by atoms with E-state index in [0.717, 1.165) is 0 Å². The molecular formula is C45H57NO14. The number of carbonyl (C=O) groups excluding carboxylic acids is 5. The lowest BCUT2D eigenvalue weighted by Crippen LogP contribution is -2.81. The van der Waals surface area contributed by atoms with Crippen molar-refractivity contribution >= 4 is 29.8 Å². The quantitative estimate of drug-likeness (QED) is 0.150. The number of carbonyl (C=O) groups is 5. The summed E-state index contributed by atoms with van der Waals surface area (Å²) in [5.74, 6) is -5.97. The Bertz CT molecular complexity index is 2010. The first kappa shape index (κ1) is 44.9. The number of esters is 3. The summed E-state index contributed by atoms with van der Waals surface area (Å²) in [5.41, 5.74) is -6.95. The van der Waals surface area contributed by atoms with Crippen molar-refractivity contribution in [2.75, 3.05) is 20.3 Å². The molecule has 11 atom stereocenters. The van der Waals surface area contributed by atoms with Gasteiger partial charge in [-0.1, -0.05) is 62.4 Å². The van der Waals surface area contributed by atoms with Crippen molar-refractivity contribution in [3.05, 3.63) is 82.9 Å². The maximum atomic E-state index is 15.5. The van der Waals surface area contributed by atoms with Crippen molar-refractivity contribution in [2.45, 2.75) is 122 Å². The summed E-state index contributed by atoms with van der Waals surface area (Å²) in [5, 5.41) is 39.2. The summed E-state index contributed by atoms with van der Waals surface area (Å²) in [7, 11) is 1.42. The summed E-state index contributed by atoms with van der Waals surface area (Å²) < 4.78 is 36.2. The lowest BCUT2D eigenvalue weighted by atomic mass is 9.43. The minimum absolute atomic E-state index is 0.0951. The van der Waals surface area contributed by atoms with Gasteiger partial charge < -0.3 is 49.1 Å². The van der Waals surface area contributed by atoms with Crippen LogP contribution in [0.5, 0.6) is 0 Å². The van der Waals surface area contributed by atoms with Crippen LogP contribution >= 0.6 is 0 Å². The molecule has 15 nitrogen and oxygen atoms in total. The number of ether oxygens (including phenoxy) is 6. The van der Waals surface area contributed by atoms with Gasteiger partial charge in [0.15, 0.2) is 17.5 Å². The second-order valence-corrected chi connectivity index (χ2v) is 18.1. The Morgan fingerprint density at radius 1 is 0.983 bits per heavy atom. The molecule has 2 saturated carbocycles. The summed E-state index contributed by atoms with van der Waals surface area (Å²) in [6.45, 7) is 11.8. The lowest BCUT2D eigenvalue weighted by Gasteiger charge is -2.68. The fraction of sp³-hybridized carbons (Fsp3) is 0.578. The Morgan fingerprint density at radius 2 is 1.60 bits per heavy atom. The molecule has 4 N–H and O–H groups in total. The molecule has 0 radical (unpaired) electrons. The Balaban J connectivity index is 1.52. The number of alkyl carbamates (subject to hydrolysis) is 1. The summed E-state index contributed by atoms with van der Waals surface area (Å²) in [4.78, 5) is 70.0. The van der Waals surface area contributed by atoms with E-state index in [9.17, 15) is 34.5 Å². The number of methoxy groups -OCH3 is 1. The van der Waals surface area contributed by atoms with Gasteiger partial charge in [0.1, 0.15) is 29.5 Å². The van der Waals surface area contributed by atoms with E-state index in [1.54, 1.807) is 97.0 Å². The van der Waals surface area contributed by atoms with Gasteiger partial charge in [0.25, 0.3) is 0 Å². The second-order valence-electron chi connectivity index (χ2n) is 18.1. The standard InChI is InChI=1S/C45H57NO14/c1-24-29(57-39(52)34(49)33(26-16-12-10-13-17-26)46-40(53)60-41(3,4)5)21-45(54)37(58-38(51)27-18-14-11-15-19-27)35-43(8,36(50)28(22-47)32(24)42(45,6)7)30(55-9)20-31-44(35,23-56-31)59-25(2)48/h10-19,28-31,33-35,37,47,49,54H,20-23H2,1-9H3,(H,46,53)/t28-,29+,30+,31-,33+,34-,35?,37+,43-,44+,45-/m1/s1. The van der Waals surface area contributed by atoms with Crippen LogP contribution in [0.2, 0.25) is 0 Å². The van der Waals surface area contributed by atoms with Crippen LogP contribution in [-0.4, -0.2) is 113 Å². The van der Waals surface area contributed by atoms with E-state index in [0.29, 0.717) is 11.1 Å². The number of Topliss-reactive ketones (excluding diaryl/α,β-unsaturated/α-hetero) is 1. The van der Waals surface area contributed by atoms with Crippen LogP contribution in [0.1, 0.15) is 90.2 Å². The number of hydrogen-bond acceptors (Lipinski definition) is 14. The molecular weight excluding hydrogens is 778 g/mol. The molecule has 1 aliphatic heterocycles. The third-order valence-electron chi connectivity index (χ3n) is 13.1. The molecule has 0 spiro atoms. The molecule has 326 valence electrons. The van der Waals surface area contributed by atoms with E-state index in [2.05, 4.69) is 5.32 Å². The van der Waals surface area contributed by atoms with Crippen LogP contribution in [0.4, 0.5) is 4.79 Å². The molecule has 4 aliphatic rings. The van der Waals surface area contributed by atoms with Gasteiger partial charge in [0, 0.05) is 32.3 Å². The zero-order valence-corrected chi connectivity index (χ0v) is 35.6. The predicted molar refractivity (Wildman–Crippen MR) is 213 cm³/mol. The maximum absolute atomic E-state index is 15.5. The second kappa shape index (κ2) is 16.3. The first-order chi connectivity index (χ1) is 28.1. The third-order valence-corrected chi connectivity index (χ3v) is 13.1. The van der Waals surface area contributed by atoms with E-state index in [4.69, 9.17) is 28.4 Å². The average molecular weight is 836 g/mol. The molecule has 15 heteroatoms. The molecule has 2 aromatic carbocycles. The summed E-state index contributed by atoms with van der Waals surface area (Å²) in [6.07, 6.45) is -8.12. The fourth-order valence-electron chi connectivity index (χ4n) is 10.3. The van der Waals surface area contributed by atoms with Gasteiger partial charge in [0.2, 0.25) is 0 Å². The number of ketones is 1. The van der Waals surface area contributed by atoms with E-state index < -0.39 is 119 Å². The van der Waals surface area contributed by atoms with E-state index in [-0.39, 0.29) is 24.2 Å². The highest BCUT2D eigenvalue weighted by Crippen LogP contribution is 2.65. The first-order valence-electron chi connectivity index (χ1n) is 20.2. The van der Waals surface area contributed by atoms with Crippen LogP contribution in [-0.2, 0) is 42.8 Å². The number of hydrogen-bond donors (Lipinski definition) is 4. The first-order valence-corrected chi connectivity index (χ1v) is 20.2. The Kier molecular flexibility index (Phi) is 12.2. The largest absolute Gasteiger partial charge is 0.456 e. The number of rotatable bonds is 10. The molecule has 3 aliphatic carbocycles. The highest BCUT2D eigenvalue weighted by Gasteiger charge is 2.78. The summed E-state index contributed by atoms with van der Waals surface area (Å²) in [6, 6.07) is 14.9. The van der Waals surface area contributed by atoms with Crippen LogP contribution in [0.15, 0.2) is 71.8 Å². The molecule has 2 bridgehead atoms. The maximum Gasteiger partial charge on any atom is 0.408 e. The number of aliphatic hydroxyl groups is 3. The number of benzene rings is 2. The highest BCUT2D eigenvalue weighted by atomic mass is 16.6. The van der Waals surface area contributed by atoms with E-state index >= 15 is 4.79 Å². The van der Waals surface area contributed by atoms with Crippen molar-refractivity contribution in [1.29, 1.82) is 0 Å². The molecule has 6 rings (SSSR count). The number of nitrogens with one attached hydrogen (secondary N) is 1. The number of fused-ring (bicyclic) bond motifs is 5. The van der Waals surface area contributed by atoms with Crippen LogP contribution < -0.4 is 5.32 Å². The molecule has 3 fully saturated rings. The molecule has 1 unspecified atom stereocenters. The van der Waals surface area contributed by atoms with Crippen molar-refractivity contribution in [3.8, 4) is 0 Å². The van der Waals surface area contributed by atoms with Crippen molar-refractivity contribution in [3.63, 3.8) is 0 Å². The Labute approximate surface area is 349 Å². The zero-order valence-electron chi connectivity index (χ0n) is 35.6. The van der Waals surface area contributed by atoms with Crippen LogP contribution in [0.3, 0.4) is 0 Å². The molecule has 60 heavy (non-hydrogen) atoms. The predicted octanol–water partition coefficient (Wildman–Crippen LogP) is 4.16. The number of aliphatic hydroxyl groups excluding tert-OH is 2. The SMILES string of the molecule is CO[C@H]1C[C@H]2OC[C@@]2(OC(C)=O)C2[C@H](OC(=O)c3ccccc3)[C@]3(O)C[C@H](OC(=O)[C@H](O)[C@@H](NC(=O)OC(C)(C)C)c4ccccc4)C(C)=C([C@@H](CO)C(=O)[C@@]21C)C3(C)C. The van der Waals surface area contributed by atoms with E-state index in [1.165, 1.54) is 26.2 Å². The van der Waals surface area contributed by atoms with E-state index in [1.807, 2.05) is 0 Å². The molecule has 2 aromatic rings. The topological polar surface area (TPSA) is 213 Å². The smallest absolute Gasteiger partial charge is 0.408 e. The van der Waals surface area contributed by atoms with Crippen LogP contribution in [0.25, 0.3) is 0 Å². The third kappa shape index (κ3) is 7.52. The summed E-state index contributed by atoms with van der Waals surface area (Å²) >= 11 is 0. The minimum Gasteiger partial charge on any atom is -0.456 e. The highest BCUT2D eigenvalue weighted by molar-refractivity contribution is 5.93. The van der Waals surface area contributed by atoms with Crippen molar-refractivity contribution in [1.82, 2.24) is 5.32 Å². The molecule has 1 heterocycles. The van der Waals surface area contributed by atoms with Gasteiger partial charge >= 0.3 is 24.0 Å². The normalized spacial score (nSPS) is 33.0. The molecule has 1 saturated heterocycles. The average Bonchev–Trinajstić information content (AvgIpc) is 3.18. The van der Waals surface area contributed by atoms with Crippen molar-refractivity contribution < 1.29 is 67.7 Å². The van der Waals surface area contributed by atoms with Crippen LogP contribution in [0, 0.1) is 22.7 Å². The van der Waals surface area contributed by atoms with Gasteiger partial charge in [-0.25, -0.2) is 14.4 Å².